The van der Waals surface area contributed by atoms with Crippen molar-refractivity contribution in [3.63, 3.8) is 0 Å². The summed E-state index contributed by atoms with van der Waals surface area (Å²) in [5.74, 6) is 1.33. The minimum Gasteiger partial charge on any atom is -0.497 e. The summed E-state index contributed by atoms with van der Waals surface area (Å²) in [6, 6.07) is 11.2. The first-order valence-electron chi connectivity index (χ1n) is 7.95. The Hall–Kier alpha value is -3.06. The fourth-order valence-corrected chi connectivity index (χ4v) is 3.66. The third kappa shape index (κ3) is 3.09. The van der Waals surface area contributed by atoms with Gasteiger partial charge in [-0.15, -0.1) is 0 Å². The molecule has 0 saturated heterocycles. The van der Waals surface area contributed by atoms with Gasteiger partial charge in [-0.05, 0) is 30.3 Å². The predicted octanol–water partition coefficient (Wildman–Crippen LogP) is 4.24. The van der Waals surface area contributed by atoms with Gasteiger partial charge in [-0.1, -0.05) is 11.3 Å². The lowest BCUT2D eigenvalue weighted by molar-refractivity contribution is -0.115. The number of hydrogen-bond acceptors (Lipinski definition) is 6. The number of rotatable bonds is 5. The summed E-state index contributed by atoms with van der Waals surface area (Å²) < 4.78 is 16.9. The molecule has 26 heavy (non-hydrogen) atoms. The van der Waals surface area contributed by atoms with Crippen LogP contribution in [0, 0.1) is 0 Å². The molecule has 0 unspecified atom stereocenters. The van der Waals surface area contributed by atoms with Crippen molar-refractivity contribution < 1.29 is 18.7 Å². The average Bonchev–Trinajstić information content (AvgIpc) is 3.23. The summed E-state index contributed by atoms with van der Waals surface area (Å²) in [5.41, 5.74) is 2.34. The number of methoxy groups -OCH3 is 2. The van der Waals surface area contributed by atoms with Crippen molar-refractivity contribution in [1.82, 2.24) is 4.98 Å². The van der Waals surface area contributed by atoms with E-state index in [1.54, 1.807) is 26.5 Å². The molecule has 2 aromatic heterocycles. The van der Waals surface area contributed by atoms with E-state index in [4.69, 9.17) is 13.9 Å². The Morgan fingerprint density at radius 2 is 1.92 bits per heavy atom. The molecule has 6 nitrogen and oxygen atoms in total. The van der Waals surface area contributed by atoms with E-state index in [2.05, 4.69) is 10.3 Å². The van der Waals surface area contributed by atoms with Gasteiger partial charge in [0.05, 0.1) is 37.1 Å². The molecule has 1 N–H and O–H groups in total. The van der Waals surface area contributed by atoms with E-state index in [-0.39, 0.29) is 12.3 Å². The molecule has 2 heterocycles. The third-order valence-corrected chi connectivity index (χ3v) is 4.99. The van der Waals surface area contributed by atoms with Gasteiger partial charge in [0, 0.05) is 17.0 Å². The number of nitrogens with zero attached hydrogens (tertiary/aromatic N) is 1. The highest BCUT2D eigenvalue weighted by molar-refractivity contribution is 7.22. The number of carbonyl (C=O) groups excluding carboxylic acids is 1. The Bertz CT molecular complexity index is 1100. The zero-order valence-corrected chi connectivity index (χ0v) is 15.1. The van der Waals surface area contributed by atoms with Crippen LogP contribution in [0.1, 0.15) is 5.56 Å². The lowest BCUT2D eigenvalue weighted by Crippen LogP contribution is -2.13. The van der Waals surface area contributed by atoms with Crippen molar-refractivity contribution in [2.75, 3.05) is 19.5 Å². The van der Waals surface area contributed by atoms with Crippen molar-refractivity contribution in [3.05, 3.63) is 48.2 Å². The van der Waals surface area contributed by atoms with Gasteiger partial charge in [0.2, 0.25) is 5.91 Å². The summed E-state index contributed by atoms with van der Waals surface area (Å²) in [6.07, 6.45) is 1.81. The maximum atomic E-state index is 12.4. The molecular formula is C19H16N2O4S. The van der Waals surface area contributed by atoms with Crippen LogP contribution in [0.2, 0.25) is 0 Å². The molecule has 0 aliphatic rings. The lowest BCUT2D eigenvalue weighted by Gasteiger charge is -2.01. The molecule has 0 aliphatic heterocycles. The second-order valence-corrected chi connectivity index (χ2v) is 6.73. The first-order valence-corrected chi connectivity index (χ1v) is 8.76. The maximum Gasteiger partial charge on any atom is 0.230 e. The second-order valence-electron chi connectivity index (χ2n) is 5.70. The first kappa shape index (κ1) is 16.4. The van der Waals surface area contributed by atoms with Crippen LogP contribution in [-0.4, -0.2) is 25.1 Å². The van der Waals surface area contributed by atoms with Crippen LogP contribution in [0.3, 0.4) is 0 Å². The monoisotopic (exact) mass is 368 g/mol. The van der Waals surface area contributed by atoms with E-state index in [0.717, 1.165) is 26.9 Å². The van der Waals surface area contributed by atoms with Gasteiger partial charge in [-0.3, -0.25) is 4.79 Å². The summed E-state index contributed by atoms with van der Waals surface area (Å²) >= 11 is 1.41. The minimum absolute atomic E-state index is 0.144. The van der Waals surface area contributed by atoms with E-state index in [1.165, 1.54) is 11.3 Å². The maximum absolute atomic E-state index is 12.4. The number of nitrogens with one attached hydrogen (secondary N) is 1. The zero-order chi connectivity index (χ0) is 18.1. The SMILES string of the molecule is COc1ccc2c(CC(=O)Nc3nc4ccc(OC)cc4s3)coc2c1. The van der Waals surface area contributed by atoms with Gasteiger partial charge in [0.1, 0.15) is 17.1 Å². The predicted molar refractivity (Wildman–Crippen MR) is 101 cm³/mol. The van der Waals surface area contributed by atoms with Crippen LogP contribution in [0.15, 0.2) is 47.1 Å². The van der Waals surface area contributed by atoms with Gasteiger partial charge in [-0.2, -0.15) is 0 Å². The molecular weight excluding hydrogens is 352 g/mol. The highest BCUT2D eigenvalue weighted by atomic mass is 32.1. The van der Waals surface area contributed by atoms with Crippen LogP contribution in [0.5, 0.6) is 11.5 Å². The Kier molecular flexibility index (Phi) is 4.22. The number of benzene rings is 2. The minimum atomic E-state index is -0.144. The number of carbonyl (C=O) groups is 1. The molecule has 0 aliphatic carbocycles. The molecule has 1 amide bonds. The third-order valence-electron chi connectivity index (χ3n) is 4.06. The first-order chi connectivity index (χ1) is 12.7. The van der Waals surface area contributed by atoms with Crippen LogP contribution in [-0.2, 0) is 11.2 Å². The van der Waals surface area contributed by atoms with Gasteiger partial charge in [-0.25, -0.2) is 4.98 Å². The molecule has 2 aromatic carbocycles. The van der Waals surface area contributed by atoms with Crippen LogP contribution in [0.4, 0.5) is 5.13 Å². The van der Waals surface area contributed by atoms with Crippen LogP contribution >= 0.6 is 11.3 Å². The van der Waals surface area contributed by atoms with E-state index in [9.17, 15) is 4.79 Å². The second kappa shape index (κ2) is 6.68. The molecule has 7 heteroatoms. The Labute approximate surface area is 153 Å². The van der Waals surface area contributed by atoms with Crippen molar-refractivity contribution >= 4 is 43.6 Å². The summed E-state index contributed by atoms with van der Waals surface area (Å²) in [7, 11) is 3.22. The largest absolute Gasteiger partial charge is 0.497 e. The Morgan fingerprint density at radius 3 is 2.73 bits per heavy atom. The molecule has 0 saturated carbocycles. The summed E-state index contributed by atoms with van der Waals surface area (Å²) in [5, 5.41) is 4.32. The number of thiazole rings is 1. The molecule has 0 bridgehead atoms. The zero-order valence-electron chi connectivity index (χ0n) is 14.2. The average molecular weight is 368 g/mol. The molecule has 4 aromatic rings. The van der Waals surface area contributed by atoms with Gasteiger partial charge in [0.25, 0.3) is 0 Å². The van der Waals surface area contributed by atoms with E-state index >= 15 is 0 Å². The Morgan fingerprint density at radius 1 is 1.15 bits per heavy atom. The standard InChI is InChI=1S/C19H16N2O4S/c1-23-12-3-5-14-11(10-25-16(14)8-12)7-18(22)21-19-20-15-6-4-13(24-2)9-17(15)26-19/h3-6,8-10H,7H2,1-2H3,(H,20,21,22). The molecule has 0 fully saturated rings. The van der Waals surface area contributed by atoms with E-state index in [1.807, 2.05) is 30.3 Å². The number of amides is 1. The quantitative estimate of drug-likeness (QED) is 0.570. The fraction of sp³-hybridized carbons (Fsp3) is 0.158. The number of furan rings is 1. The normalized spacial score (nSPS) is 11.0. The van der Waals surface area contributed by atoms with E-state index in [0.29, 0.717) is 16.5 Å². The number of hydrogen-bond donors (Lipinski definition) is 1. The van der Waals surface area contributed by atoms with Crippen molar-refractivity contribution in [1.29, 1.82) is 0 Å². The van der Waals surface area contributed by atoms with Crippen LogP contribution in [0.25, 0.3) is 21.2 Å². The Balaban J connectivity index is 1.52. The molecule has 0 atom stereocenters. The van der Waals surface area contributed by atoms with Crippen molar-refractivity contribution in [3.8, 4) is 11.5 Å². The topological polar surface area (TPSA) is 73.6 Å². The molecule has 4 rings (SSSR count). The van der Waals surface area contributed by atoms with Gasteiger partial charge in [0.15, 0.2) is 5.13 Å². The summed E-state index contributed by atoms with van der Waals surface area (Å²) in [6.45, 7) is 0. The number of aromatic nitrogens is 1. The van der Waals surface area contributed by atoms with Crippen molar-refractivity contribution in [2.45, 2.75) is 6.42 Å². The molecule has 0 spiro atoms. The number of fused-ring (bicyclic) bond motifs is 2. The van der Waals surface area contributed by atoms with Gasteiger partial charge < -0.3 is 19.2 Å². The molecule has 132 valence electrons. The lowest BCUT2D eigenvalue weighted by atomic mass is 10.1. The highest BCUT2D eigenvalue weighted by Gasteiger charge is 2.13. The molecule has 0 radical (unpaired) electrons. The highest BCUT2D eigenvalue weighted by Crippen LogP contribution is 2.30. The fourth-order valence-electron chi connectivity index (χ4n) is 2.75. The number of anilines is 1. The van der Waals surface area contributed by atoms with Gasteiger partial charge >= 0.3 is 0 Å². The van der Waals surface area contributed by atoms with E-state index < -0.39 is 0 Å². The smallest absolute Gasteiger partial charge is 0.230 e. The van der Waals surface area contributed by atoms with Crippen LogP contribution < -0.4 is 14.8 Å². The summed E-state index contributed by atoms with van der Waals surface area (Å²) in [4.78, 5) is 16.8. The number of ether oxygens (including phenoxy) is 2. The van der Waals surface area contributed by atoms with Crippen molar-refractivity contribution in [2.24, 2.45) is 0 Å².